The van der Waals surface area contributed by atoms with Crippen molar-refractivity contribution in [1.29, 1.82) is 0 Å². The van der Waals surface area contributed by atoms with Gasteiger partial charge < -0.3 is 5.32 Å². The highest BCUT2D eigenvalue weighted by molar-refractivity contribution is 7.93. The molecule has 0 aliphatic carbocycles. The summed E-state index contributed by atoms with van der Waals surface area (Å²) in [6.45, 7) is 0. The SMILES string of the molecule is CN(c1ccc(F)cc1)S(=O)(=O)c1csc(C(=O)Nc2ccc(F)cc2)c1. The smallest absolute Gasteiger partial charge is 0.265 e. The maximum Gasteiger partial charge on any atom is 0.265 e. The largest absolute Gasteiger partial charge is 0.321 e. The highest BCUT2D eigenvalue weighted by atomic mass is 32.2. The van der Waals surface area contributed by atoms with Crippen LogP contribution in [0.1, 0.15) is 9.67 Å². The summed E-state index contributed by atoms with van der Waals surface area (Å²) in [7, 11) is -2.56. The van der Waals surface area contributed by atoms with Crippen molar-refractivity contribution >= 4 is 38.6 Å². The Bertz CT molecular complexity index is 1060. The van der Waals surface area contributed by atoms with Crippen LogP contribution in [-0.2, 0) is 10.0 Å². The number of carbonyl (C=O) groups is 1. The molecule has 3 aromatic rings. The number of rotatable bonds is 5. The number of nitrogens with zero attached hydrogens (tertiary/aromatic N) is 1. The van der Waals surface area contributed by atoms with Gasteiger partial charge in [0.2, 0.25) is 0 Å². The highest BCUT2D eigenvalue weighted by Gasteiger charge is 2.24. The lowest BCUT2D eigenvalue weighted by Crippen LogP contribution is -2.26. The summed E-state index contributed by atoms with van der Waals surface area (Å²) in [5.74, 6) is -1.40. The zero-order valence-electron chi connectivity index (χ0n) is 14.0. The van der Waals surface area contributed by atoms with Crippen LogP contribution in [-0.4, -0.2) is 21.4 Å². The average molecular weight is 408 g/mol. The van der Waals surface area contributed by atoms with Crippen LogP contribution >= 0.6 is 11.3 Å². The molecule has 5 nitrogen and oxygen atoms in total. The molecule has 0 fully saturated rings. The number of nitrogens with one attached hydrogen (secondary N) is 1. The van der Waals surface area contributed by atoms with Crippen LogP contribution in [0.15, 0.2) is 64.9 Å². The Balaban J connectivity index is 1.80. The van der Waals surface area contributed by atoms with Gasteiger partial charge in [0.1, 0.15) is 11.6 Å². The maximum atomic E-state index is 13.0. The van der Waals surface area contributed by atoms with Crippen molar-refractivity contribution < 1.29 is 22.0 Å². The Morgan fingerprint density at radius 2 is 1.56 bits per heavy atom. The van der Waals surface area contributed by atoms with E-state index in [-0.39, 0.29) is 9.77 Å². The molecule has 0 aliphatic rings. The molecule has 2 aromatic carbocycles. The quantitative estimate of drug-likeness (QED) is 0.691. The third-order valence-corrected chi connectivity index (χ3v) is 6.59. The van der Waals surface area contributed by atoms with Crippen LogP contribution in [0.4, 0.5) is 20.2 Å². The predicted molar refractivity (Wildman–Crippen MR) is 101 cm³/mol. The first-order chi connectivity index (χ1) is 12.8. The van der Waals surface area contributed by atoms with Gasteiger partial charge in [-0.2, -0.15) is 0 Å². The first-order valence-electron chi connectivity index (χ1n) is 7.67. The van der Waals surface area contributed by atoms with E-state index in [2.05, 4.69) is 5.32 Å². The second-order valence-electron chi connectivity index (χ2n) is 5.56. The normalized spacial score (nSPS) is 11.2. The molecule has 1 heterocycles. The van der Waals surface area contributed by atoms with Gasteiger partial charge >= 0.3 is 0 Å². The van der Waals surface area contributed by atoms with Crippen LogP contribution in [0, 0.1) is 11.6 Å². The Morgan fingerprint density at radius 3 is 2.15 bits per heavy atom. The molecule has 0 spiro atoms. The number of anilines is 2. The average Bonchev–Trinajstić information content (AvgIpc) is 3.15. The van der Waals surface area contributed by atoms with Gasteiger partial charge in [-0.25, -0.2) is 17.2 Å². The fourth-order valence-corrected chi connectivity index (χ4v) is 4.60. The van der Waals surface area contributed by atoms with Crippen LogP contribution in [0.2, 0.25) is 0 Å². The summed E-state index contributed by atoms with van der Waals surface area (Å²) < 4.78 is 52.4. The van der Waals surface area contributed by atoms with E-state index in [1.54, 1.807) is 0 Å². The minimum atomic E-state index is -3.90. The summed E-state index contributed by atoms with van der Waals surface area (Å²) in [6.07, 6.45) is 0. The topological polar surface area (TPSA) is 66.5 Å². The van der Waals surface area contributed by atoms with Crippen molar-refractivity contribution in [2.45, 2.75) is 4.90 Å². The summed E-state index contributed by atoms with van der Waals surface area (Å²) >= 11 is 0.970. The van der Waals surface area contributed by atoms with E-state index in [1.165, 1.54) is 54.9 Å². The van der Waals surface area contributed by atoms with Gasteiger partial charge in [0.05, 0.1) is 15.5 Å². The van der Waals surface area contributed by atoms with Crippen molar-refractivity contribution in [3.05, 3.63) is 76.5 Å². The molecule has 140 valence electrons. The minimum Gasteiger partial charge on any atom is -0.321 e. The Kier molecular flexibility index (Phi) is 5.24. The number of amides is 1. The van der Waals surface area contributed by atoms with E-state index in [0.717, 1.165) is 27.8 Å². The second kappa shape index (κ2) is 7.45. The molecule has 0 atom stereocenters. The molecule has 1 N–H and O–H groups in total. The van der Waals surface area contributed by atoms with E-state index < -0.39 is 27.6 Å². The summed E-state index contributed by atoms with van der Waals surface area (Å²) in [5.41, 5.74) is 0.683. The minimum absolute atomic E-state index is 0.0522. The molecule has 3 rings (SSSR count). The second-order valence-corrected chi connectivity index (χ2v) is 8.44. The molecular weight excluding hydrogens is 394 g/mol. The van der Waals surface area contributed by atoms with Gasteiger partial charge in [-0.3, -0.25) is 9.10 Å². The van der Waals surface area contributed by atoms with Gasteiger partial charge in [-0.15, -0.1) is 11.3 Å². The van der Waals surface area contributed by atoms with Crippen molar-refractivity contribution in [2.75, 3.05) is 16.7 Å². The number of carbonyl (C=O) groups excluding carboxylic acids is 1. The fourth-order valence-electron chi connectivity index (χ4n) is 2.25. The standard InChI is InChI=1S/C18H14F2N2O3S2/c1-22(15-8-4-13(20)5-9-15)27(24,25)16-10-17(26-11-16)18(23)21-14-6-2-12(19)3-7-14/h2-11H,1H3,(H,21,23). The lowest BCUT2D eigenvalue weighted by molar-refractivity contribution is 0.103. The molecule has 0 unspecified atom stereocenters. The van der Waals surface area contributed by atoms with E-state index in [9.17, 15) is 22.0 Å². The molecular formula is C18H14F2N2O3S2. The highest BCUT2D eigenvalue weighted by Crippen LogP contribution is 2.26. The van der Waals surface area contributed by atoms with Crippen molar-refractivity contribution in [3.8, 4) is 0 Å². The van der Waals surface area contributed by atoms with Crippen molar-refractivity contribution in [3.63, 3.8) is 0 Å². The molecule has 27 heavy (non-hydrogen) atoms. The molecule has 0 radical (unpaired) electrons. The predicted octanol–water partition coefficient (Wildman–Crippen LogP) is 4.10. The third-order valence-electron chi connectivity index (χ3n) is 3.75. The summed E-state index contributed by atoms with van der Waals surface area (Å²) in [5, 5.41) is 3.93. The number of hydrogen-bond donors (Lipinski definition) is 1. The molecule has 0 bridgehead atoms. The molecule has 0 saturated heterocycles. The van der Waals surface area contributed by atoms with E-state index in [0.29, 0.717) is 11.4 Å². The van der Waals surface area contributed by atoms with Crippen molar-refractivity contribution in [2.24, 2.45) is 0 Å². The number of hydrogen-bond acceptors (Lipinski definition) is 4. The van der Waals surface area contributed by atoms with E-state index >= 15 is 0 Å². The molecule has 0 saturated carbocycles. The number of halogens is 2. The zero-order valence-corrected chi connectivity index (χ0v) is 15.7. The Labute approximate surface area is 158 Å². The number of thiophene rings is 1. The molecule has 9 heteroatoms. The van der Waals surface area contributed by atoms with Gasteiger partial charge in [0.15, 0.2) is 0 Å². The first kappa shape index (κ1) is 19.0. The lowest BCUT2D eigenvalue weighted by atomic mass is 10.3. The van der Waals surface area contributed by atoms with Gasteiger partial charge in [0, 0.05) is 18.1 Å². The Hall–Kier alpha value is -2.78. The van der Waals surface area contributed by atoms with Gasteiger partial charge in [-0.05, 0) is 54.6 Å². The van der Waals surface area contributed by atoms with Crippen LogP contribution < -0.4 is 9.62 Å². The monoisotopic (exact) mass is 408 g/mol. The number of benzene rings is 2. The summed E-state index contributed by atoms with van der Waals surface area (Å²) in [6, 6.07) is 11.5. The van der Waals surface area contributed by atoms with Crippen LogP contribution in [0.25, 0.3) is 0 Å². The molecule has 1 aromatic heterocycles. The van der Waals surface area contributed by atoms with Crippen LogP contribution in [0.3, 0.4) is 0 Å². The van der Waals surface area contributed by atoms with E-state index in [1.807, 2.05) is 0 Å². The van der Waals surface area contributed by atoms with Crippen LogP contribution in [0.5, 0.6) is 0 Å². The zero-order chi connectivity index (χ0) is 19.6. The first-order valence-corrected chi connectivity index (χ1v) is 9.99. The molecule has 1 amide bonds. The van der Waals surface area contributed by atoms with Gasteiger partial charge in [0.25, 0.3) is 15.9 Å². The third kappa shape index (κ3) is 4.15. The molecule has 0 aliphatic heterocycles. The maximum absolute atomic E-state index is 13.0. The lowest BCUT2D eigenvalue weighted by Gasteiger charge is -2.18. The summed E-state index contributed by atoms with van der Waals surface area (Å²) in [4.78, 5) is 12.4. The van der Waals surface area contributed by atoms with Crippen molar-refractivity contribution in [1.82, 2.24) is 0 Å². The number of sulfonamides is 1. The fraction of sp³-hybridized carbons (Fsp3) is 0.0556. The van der Waals surface area contributed by atoms with E-state index in [4.69, 9.17) is 0 Å². The van der Waals surface area contributed by atoms with Gasteiger partial charge in [-0.1, -0.05) is 0 Å². The Morgan fingerprint density at radius 1 is 1.00 bits per heavy atom.